The number of carbonyl (C=O) groups is 2. The van der Waals surface area contributed by atoms with Gasteiger partial charge in [-0.25, -0.2) is 4.79 Å². The summed E-state index contributed by atoms with van der Waals surface area (Å²) in [5.41, 5.74) is 1.94. The van der Waals surface area contributed by atoms with E-state index in [9.17, 15) is 9.59 Å². The Balaban J connectivity index is 1.75. The van der Waals surface area contributed by atoms with Crippen LogP contribution in [-0.2, 0) is 16.0 Å². The number of fused-ring (bicyclic) bond motifs is 2. The van der Waals surface area contributed by atoms with Gasteiger partial charge in [-0.05, 0) is 23.8 Å². The van der Waals surface area contributed by atoms with Crippen LogP contribution in [0, 0.1) is 0 Å². The van der Waals surface area contributed by atoms with Crippen LogP contribution < -0.4 is 14.4 Å². The van der Waals surface area contributed by atoms with Gasteiger partial charge < -0.3 is 14.2 Å². The molecule has 0 bridgehead atoms. The highest BCUT2D eigenvalue weighted by Crippen LogP contribution is 2.40. The third-order valence-electron chi connectivity index (χ3n) is 4.72. The topological polar surface area (TPSA) is 65.1 Å². The minimum Gasteiger partial charge on any atom is -0.489 e. The fourth-order valence-corrected chi connectivity index (χ4v) is 3.72. The largest absolute Gasteiger partial charge is 0.489 e. The van der Waals surface area contributed by atoms with Crippen LogP contribution >= 0.6 is 11.6 Å². The number of amides is 1. The zero-order chi connectivity index (χ0) is 19.0. The summed E-state index contributed by atoms with van der Waals surface area (Å²) in [5, 5.41) is 0.305. The molecular weight excluding hydrogens is 370 g/mol. The Morgan fingerprint density at radius 1 is 1.19 bits per heavy atom. The van der Waals surface area contributed by atoms with Crippen molar-refractivity contribution in [2.45, 2.75) is 18.9 Å². The van der Waals surface area contributed by atoms with Crippen LogP contribution in [0.2, 0.25) is 5.02 Å². The summed E-state index contributed by atoms with van der Waals surface area (Å²) in [7, 11) is 1.32. The van der Waals surface area contributed by atoms with Gasteiger partial charge in [-0.3, -0.25) is 9.69 Å². The molecule has 1 amide bonds. The van der Waals surface area contributed by atoms with E-state index in [1.807, 2.05) is 24.3 Å². The number of rotatable bonds is 2. The molecule has 140 valence electrons. The smallest absolute Gasteiger partial charge is 0.329 e. The van der Waals surface area contributed by atoms with E-state index in [0.717, 1.165) is 12.0 Å². The Labute approximate surface area is 161 Å². The monoisotopic (exact) mass is 387 g/mol. The number of hydrogen-bond acceptors (Lipinski definition) is 5. The number of nitrogens with zero attached hydrogens (tertiary/aromatic N) is 1. The second kappa shape index (κ2) is 7.12. The molecule has 0 aliphatic carbocycles. The maximum absolute atomic E-state index is 13.3. The molecule has 27 heavy (non-hydrogen) atoms. The number of benzene rings is 2. The third-order valence-corrected chi connectivity index (χ3v) is 5.00. The normalized spacial score (nSPS) is 17.9. The molecule has 0 radical (unpaired) electrons. The minimum atomic E-state index is -0.713. The minimum absolute atomic E-state index is 0.305. The molecule has 2 aromatic carbocycles. The molecule has 6 nitrogen and oxygen atoms in total. The molecule has 7 heteroatoms. The van der Waals surface area contributed by atoms with Crippen molar-refractivity contribution in [1.82, 2.24) is 0 Å². The van der Waals surface area contributed by atoms with Crippen molar-refractivity contribution in [2.24, 2.45) is 0 Å². The van der Waals surface area contributed by atoms with Gasteiger partial charge in [-0.15, -0.1) is 0 Å². The van der Waals surface area contributed by atoms with Crippen molar-refractivity contribution >= 4 is 29.2 Å². The van der Waals surface area contributed by atoms with Gasteiger partial charge in [0.1, 0.15) is 6.04 Å². The highest BCUT2D eigenvalue weighted by atomic mass is 35.5. The molecule has 0 fully saturated rings. The van der Waals surface area contributed by atoms with Gasteiger partial charge in [0.25, 0.3) is 5.91 Å². The van der Waals surface area contributed by atoms with Crippen molar-refractivity contribution in [3.63, 3.8) is 0 Å². The fraction of sp³-hybridized carbons (Fsp3) is 0.300. The number of methoxy groups -OCH3 is 1. The Morgan fingerprint density at radius 2 is 1.96 bits per heavy atom. The predicted octanol–water partition coefficient (Wildman–Crippen LogP) is 3.25. The van der Waals surface area contributed by atoms with Crippen LogP contribution in [0.1, 0.15) is 22.3 Å². The average Bonchev–Trinajstić information content (AvgIpc) is 2.90. The molecule has 0 saturated carbocycles. The van der Waals surface area contributed by atoms with Crippen molar-refractivity contribution in [1.29, 1.82) is 0 Å². The highest BCUT2D eigenvalue weighted by Gasteiger charge is 2.39. The number of halogens is 1. The first-order valence-electron chi connectivity index (χ1n) is 8.68. The van der Waals surface area contributed by atoms with Crippen LogP contribution in [0.25, 0.3) is 0 Å². The SMILES string of the molecule is COC(=O)[C@H]1Cc2ccccc2N1C(=O)c1cc(Cl)c2c(c1)OCCCO2. The summed E-state index contributed by atoms with van der Waals surface area (Å²) < 4.78 is 16.2. The molecule has 0 spiro atoms. The molecular formula is C20H18ClNO5. The molecule has 2 aromatic rings. The van der Waals surface area contributed by atoms with Crippen molar-refractivity contribution in [3.05, 3.63) is 52.5 Å². The molecule has 0 unspecified atom stereocenters. The van der Waals surface area contributed by atoms with Crippen molar-refractivity contribution in [2.75, 3.05) is 25.2 Å². The molecule has 1 atom stereocenters. The van der Waals surface area contributed by atoms with E-state index >= 15 is 0 Å². The van der Waals surface area contributed by atoms with Crippen LogP contribution in [0.5, 0.6) is 11.5 Å². The summed E-state index contributed by atoms with van der Waals surface area (Å²) in [6, 6.07) is 9.89. The molecule has 2 aliphatic heterocycles. The Hall–Kier alpha value is -2.73. The molecule has 2 heterocycles. The van der Waals surface area contributed by atoms with Gasteiger partial charge in [0.2, 0.25) is 0 Å². The van der Waals surface area contributed by atoms with Crippen LogP contribution in [-0.4, -0.2) is 38.2 Å². The fourth-order valence-electron chi connectivity index (χ4n) is 3.46. The van der Waals surface area contributed by atoms with E-state index in [4.69, 9.17) is 25.8 Å². The number of carbonyl (C=O) groups excluding carboxylic acids is 2. The molecule has 0 saturated heterocycles. The van der Waals surface area contributed by atoms with Crippen LogP contribution in [0.15, 0.2) is 36.4 Å². The third kappa shape index (κ3) is 3.10. The lowest BCUT2D eigenvalue weighted by Crippen LogP contribution is -2.43. The van der Waals surface area contributed by atoms with Crippen LogP contribution in [0.3, 0.4) is 0 Å². The Bertz CT molecular complexity index is 913. The highest BCUT2D eigenvalue weighted by molar-refractivity contribution is 6.33. The predicted molar refractivity (Wildman–Crippen MR) is 99.8 cm³/mol. The molecule has 0 aromatic heterocycles. The number of para-hydroxylation sites is 1. The summed E-state index contributed by atoms with van der Waals surface area (Å²) in [5.74, 6) is 0.0791. The Morgan fingerprint density at radius 3 is 2.78 bits per heavy atom. The maximum Gasteiger partial charge on any atom is 0.329 e. The summed E-state index contributed by atoms with van der Waals surface area (Å²) in [6.45, 7) is 0.988. The van der Waals surface area contributed by atoms with Gasteiger partial charge >= 0.3 is 5.97 Å². The van der Waals surface area contributed by atoms with Crippen molar-refractivity contribution in [3.8, 4) is 11.5 Å². The van der Waals surface area contributed by atoms with Gasteiger partial charge in [-0.1, -0.05) is 29.8 Å². The standard InChI is InChI=1S/C20H18ClNO5/c1-25-20(24)16-10-12-5-2-3-6-15(12)22(16)19(23)13-9-14(21)18-17(11-13)26-7-4-8-27-18/h2-3,5-6,9,11,16H,4,7-8,10H2,1H3/t16-/m1/s1. The van der Waals surface area contributed by atoms with E-state index in [1.54, 1.807) is 12.1 Å². The first kappa shape index (κ1) is 17.7. The van der Waals surface area contributed by atoms with E-state index < -0.39 is 12.0 Å². The summed E-state index contributed by atoms with van der Waals surface area (Å²) >= 11 is 6.33. The number of ether oxygens (including phenoxy) is 3. The quantitative estimate of drug-likeness (QED) is 0.740. The first-order valence-corrected chi connectivity index (χ1v) is 9.06. The lowest BCUT2D eigenvalue weighted by atomic mass is 10.1. The van der Waals surface area contributed by atoms with Gasteiger partial charge in [0, 0.05) is 24.1 Å². The lowest BCUT2D eigenvalue weighted by Gasteiger charge is -2.24. The first-order chi connectivity index (χ1) is 13.1. The van der Waals surface area contributed by atoms with E-state index in [2.05, 4.69) is 0 Å². The summed E-state index contributed by atoms with van der Waals surface area (Å²) in [6.07, 6.45) is 1.14. The molecule has 2 aliphatic rings. The van der Waals surface area contributed by atoms with Gasteiger partial charge in [0.15, 0.2) is 11.5 Å². The maximum atomic E-state index is 13.3. The molecule has 0 N–H and O–H groups in total. The number of esters is 1. The summed E-state index contributed by atoms with van der Waals surface area (Å²) in [4.78, 5) is 27.1. The second-order valence-electron chi connectivity index (χ2n) is 6.38. The van der Waals surface area contributed by atoms with E-state index in [1.165, 1.54) is 12.0 Å². The zero-order valence-electron chi connectivity index (χ0n) is 14.7. The number of hydrogen-bond donors (Lipinski definition) is 0. The van der Waals surface area contributed by atoms with E-state index in [0.29, 0.717) is 47.4 Å². The Kier molecular flexibility index (Phi) is 4.66. The number of anilines is 1. The van der Waals surface area contributed by atoms with Crippen molar-refractivity contribution < 1.29 is 23.8 Å². The zero-order valence-corrected chi connectivity index (χ0v) is 15.5. The average molecular weight is 388 g/mol. The molecule has 4 rings (SSSR count). The van der Waals surface area contributed by atoms with Gasteiger partial charge in [0.05, 0.1) is 25.3 Å². The van der Waals surface area contributed by atoms with Gasteiger partial charge in [-0.2, -0.15) is 0 Å². The van der Waals surface area contributed by atoms with E-state index in [-0.39, 0.29) is 5.91 Å². The second-order valence-corrected chi connectivity index (χ2v) is 6.79. The van der Waals surface area contributed by atoms with Crippen LogP contribution in [0.4, 0.5) is 5.69 Å². The lowest BCUT2D eigenvalue weighted by molar-refractivity contribution is -0.141.